The van der Waals surface area contributed by atoms with Gasteiger partial charge in [-0.15, -0.1) is 11.6 Å². The van der Waals surface area contributed by atoms with Crippen molar-refractivity contribution >= 4 is 23.2 Å². The summed E-state index contributed by atoms with van der Waals surface area (Å²) in [6.45, 7) is 0.298. The fourth-order valence-electron chi connectivity index (χ4n) is 3.24. The van der Waals surface area contributed by atoms with Crippen LogP contribution in [0, 0.1) is 16.0 Å². The summed E-state index contributed by atoms with van der Waals surface area (Å²) in [6, 6.07) is 5.50. The molecule has 1 aromatic carbocycles. The molecule has 0 aliphatic heterocycles. The third-order valence-corrected chi connectivity index (χ3v) is 4.94. The molecule has 132 valence electrons. The van der Waals surface area contributed by atoms with Gasteiger partial charge >= 0.3 is 0 Å². The number of rotatable bonds is 7. The predicted molar refractivity (Wildman–Crippen MR) is 92.4 cm³/mol. The lowest BCUT2D eigenvalue weighted by atomic mass is 9.84. The zero-order valence-corrected chi connectivity index (χ0v) is 14.5. The Morgan fingerprint density at radius 3 is 2.50 bits per heavy atom. The van der Waals surface area contributed by atoms with Crippen molar-refractivity contribution in [3.63, 3.8) is 0 Å². The topological polar surface area (TPSA) is 81.5 Å². The number of nitro benzene ring substituents is 1. The maximum Gasteiger partial charge on any atom is 0.269 e. The van der Waals surface area contributed by atoms with Gasteiger partial charge in [0, 0.05) is 31.4 Å². The van der Waals surface area contributed by atoms with E-state index in [1.807, 2.05) is 0 Å². The first-order valence-corrected chi connectivity index (χ1v) is 8.66. The average molecular weight is 355 g/mol. The molecule has 1 aliphatic carbocycles. The molecule has 0 saturated heterocycles. The SMILES string of the molecule is CO[C@H](C1CCCCC1)[C@H](Cl)CNC(=O)c1ccc([N+](=O)[O-])cc1. The lowest BCUT2D eigenvalue weighted by molar-refractivity contribution is -0.384. The highest BCUT2D eigenvalue weighted by Gasteiger charge is 2.29. The molecule has 1 N–H and O–H groups in total. The molecule has 1 amide bonds. The van der Waals surface area contributed by atoms with Crippen molar-refractivity contribution in [1.29, 1.82) is 0 Å². The van der Waals surface area contributed by atoms with E-state index in [4.69, 9.17) is 16.3 Å². The number of nitrogens with one attached hydrogen (secondary N) is 1. The van der Waals surface area contributed by atoms with Gasteiger partial charge in [-0.1, -0.05) is 19.3 Å². The number of non-ortho nitro benzene ring substituents is 1. The molecule has 1 saturated carbocycles. The number of hydrogen-bond acceptors (Lipinski definition) is 4. The number of ether oxygens (including phenoxy) is 1. The molecule has 0 radical (unpaired) electrons. The molecule has 1 aromatic rings. The van der Waals surface area contributed by atoms with Crippen LogP contribution in [0.15, 0.2) is 24.3 Å². The summed E-state index contributed by atoms with van der Waals surface area (Å²) in [5, 5.41) is 13.1. The maximum atomic E-state index is 12.1. The van der Waals surface area contributed by atoms with E-state index >= 15 is 0 Å². The number of carbonyl (C=O) groups excluding carboxylic acids is 1. The molecule has 1 aliphatic rings. The van der Waals surface area contributed by atoms with Gasteiger partial charge in [-0.2, -0.15) is 0 Å². The van der Waals surface area contributed by atoms with Crippen molar-refractivity contribution in [1.82, 2.24) is 5.32 Å². The number of nitrogens with zero attached hydrogens (tertiary/aromatic N) is 1. The van der Waals surface area contributed by atoms with E-state index in [1.54, 1.807) is 7.11 Å². The van der Waals surface area contributed by atoms with Gasteiger partial charge in [-0.3, -0.25) is 14.9 Å². The second kappa shape index (κ2) is 8.99. The molecule has 2 atom stereocenters. The molecule has 24 heavy (non-hydrogen) atoms. The van der Waals surface area contributed by atoms with Crippen molar-refractivity contribution in [2.75, 3.05) is 13.7 Å². The van der Waals surface area contributed by atoms with Gasteiger partial charge in [0.25, 0.3) is 11.6 Å². The van der Waals surface area contributed by atoms with Crippen LogP contribution in [0.4, 0.5) is 5.69 Å². The number of carbonyl (C=O) groups is 1. The molecule has 0 spiro atoms. The van der Waals surface area contributed by atoms with Gasteiger partial charge in [0.05, 0.1) is 16.4 Å². The lowest BCUT2D eigenvalue weighted by Crippen LogP contribution is -2.41. The summed E-state index contributed by atoms with van der Waals surface area (Å²) in [4.78, 5) is 22.3. The molecule has 0 bridgehead atoms. The largest absolute Gasteiger partial charge is 0.380 e. The Morgan fingerprint density at radius 2 is 1.96 bits per heavy atom. The van der Waals surface area contributed by atoms with Crippen LogP contribution in [0.25, 0.3) is 0 Å². The number of methoxy groups -OCH3 is 1. The standard InChI is InChI=1S/C17H23ClN2O4/c1-24-16(12-5-3-2-4-6-12)15(18)11-19-17(21)13-7-9-14(10-8-13)20(22)23/h7-10,12,15-16H,2-6,11H2,1H3,(H,19,21)/t15-,16-/m1/s1. The summed E-state index contributed by atoms with van der Waals surface area (Å²) < 4.78 is 5.57. The molecule has 6 nitrogen and oxygen atoms in total. The first-order valence-electron chi connectivity index (χ1n) is 8.22. The first kappa shape index (κ1) is 18.7. The summed E-state index contributed by atoms with van der Waals surface area (Å²) in [7, 11) is 1.66. The maximum absolute atomic E-state index is 12.1. The zero-order chi connectivity index (χ0) is 17.5. The van der Waals surface area contributed by atoms with Crippen molar-refractivity contribution in [2.24, 2.45) is 5.92 Å². The van der Waals surface area contributed by atoms with E-state index in [-0.39, 0.29) is 23.1 Å². The van der Waals surface area contributed by atoms with Crippen LogP contribution in [-0.4, -0.2) is 36.0 Å². The van der Waals surface area contributed by atoms with Gasteiger partial charge in [0.15, 0.2) is 0 Å². The average Bonchev–Trinajstić information content (AvgIpc) is 2.61. The van der Waals surface area contributed by atoms with E-state index in [0.717, 1.165) is 12.8 Å². The zero-order valence-electron chi connectivity index (χ0n) is 13.7. The number of halogens is 1. The summed E-state index contributed by atoms with van der Waals surface area (Å²) in [5.74, 6) is 0.136. The second-order valence-corrected chi connectivity index (χ2v) is 6.69. The minimum absolute atomic E-state index is 0.0430. The number of amides is 1. The number of nitro groups is 1. The van der Waals surface area contributed by atoms with Crippen LogP contribution < -0.4 is 5.32 Å². The third kappa shape index (κ3) is 4.92. The number of hydrogen-bond donors (Lipinski definition) is 1. The van der Waals surface area contributed by atoms with Crippen molar-refractivity contribution in [3.05, 3.63) is 39.9 Å². The number of alkyl halides is 1. The van der Waals surface area contributed by atoms with Crippen LogP contribution in [0.1, 0.15) is 42.5 Å². The van der Waals surface area contributed by atoms with Gasteiger partial charge in [0.1, 0.15) is 0 Å². The highest BCUT2D eigenvalue weighted by molar-refractivity contribution is 6.21. The Bertz CT molecular complexity index is 558. The van der Waals surface area contributed by atoms with E-state index in [2.05, 4.69) is 5.32 Å². The highest BCUT2D eigenvalue weighted by Crippen LogP contribution is 2.30. The van der Waals surface area contributed by atoms with E-state index in [0.29, 0.717) is 18.0 Å². The van der Waals surface area contributed by atoms with Crippen LogP contribution in [-0.2, 0) is 4.74 Å². The van der Waals surface area contributed by atoms with Crippen molar-refractivity contribution in [3.8, 4) is 0 Å². The van der Waals surface area contributed by atoms with E-state index in [9.17, 15) is 14.9 Å². The normalized spacial score (nSPS) is 17.9. The molecule has 7 heteroatoms. The van der Waals surface area contributed by atoms with Crippen LogP contribution >= 0.6 is 11.6 Å². The van der Waals surface area contributed by atoms with E-state index < -0.39 is 4.92 Å². The molecular formula is C17H23ClN2O4. The summed E-state index contributed by atoms with van der Waals surface area (Å²) >= 11 is 6.45. The Balaban J connectivity index is 1.88. The first-order chi connectivity index (χ1) is 11.5. The van der Waals surface area contributed by atoms with Gasteiger partial charge < -0.3 is 10.1 Å². The van der Waals surface area contributed by atoms with Crippen LogP contribution in [0.3, 0.4) is 0 Å². The van der Waals surface area contributed by atoms with Gasteiger partial charge in [-0.25, -0.2) is 0 Å². The summed E-state index contributed by atoms with van der Waals surface area (Å²) in [6.07, 6.45) is 5.79. The fourth-order valence-corrected chi connectivity index (χ4v) is 3.63. The monoisotopic (exact) mass is 354 g/mol. The van der Waals surface area contributed by atoms with Gasteiger partial charge in [0.2, 0.25) is 0 Å². The van der Waals surface area contributed by atoms with Crippen molar-refractivity contribution < 1.29 is 14.5 Å². The van der Waals surface area contributed by atoms with Gasteiger partial charge in [-0.05, 0) is 30.9 Å². The highest BCUT2D eigenvalue weighted by atomic mass is 35.5. The van der Waals surface area contributed by atoms with Crippen LogP contribution in [0.5, 0.6) is 0 Å². The van der Waals surface area contributed by atoms with Crippen molar-refractivity contribution in [2.45, 2.75) is 43.6 Å². The Kier molecular flexibility index (Phi) is 6.99. The minimum atomic E-state index is -0.496. The molecular weight excluding hydrogens is 332 g/mol. The molecule has 0 aromatic heterocycles. The number of benzene rings is 1. The fraction of sp³-hybridized carbons (Fsp3) is 0.588. The predicted octanol–water partition coefficient (Wildman–Crippen LogP) is 3.53. The Hall–Kier alpha value is -1.66. The molecule has 2 rings (SSSR count). The van der Waals surface area contributed by atoms with E-state index in [1.165, 1.54) is 43.5 Å². The van der Waals surface area contributed by atoms with Crippen LogP contribution in [0.2, 0.25) is 0 Å². The molecule has 1 fully saturated rings. The quantitative estimate of drug-likeness (QED) is 0.461. The Morgan fingerprint density at radius 1 is 1.33 bits per heavy atom. The Labute approximate surface area is 146 Å². The molecule has 0 unspecified atom stereocenters. The molecule has 0 heterocycles. The third-order valence-electron chi connectivity index (χ3n) is 4.54. The summed E-state index contributed by atoms with van der Waals surface area (Å²) in [5.41, 5.74) is 0.328. The minimum Gasteiger partial charge on any atom is -0.380 e. The second-order valence-electron chi connectivity index (χ2n) is 6.13. The smallest absolute Gasteiger partial charge is 0.269 e. The lowest BCUT2D eigenvalue weighted by Gasteiger charge is -2.32.